The van der Waals surface area contributed by atoms with E-state index in [9.17, 15) is 0 Å². The molecule has 2 N–H and O–H groups in total. The third-order valence-electron chi connectivity index (χ3n) is 5.56. The Kier molecular flexibility index (Phi) is 8.25. The average molecular weight is 469 g/mol. The van der Waals surface area contributed by atoms with E-state index in [2.05, 4.69) is 36.1 Å². The van der Waals surface area contributed by atoms with Gasteiger partial charge in [-0.05, 0) is 37.8 Å². The van der Waals surface area contributed by atoms with Crippen molar-refractivity contribution in [1.82, 2.24) is 14.6 Å². The third kappa shape index (κ3) is 5.94. The lowest BCUT2D eigenvalue weighted by Crippen LogP contribution is -2.37. The number of aliphatic imine (C=N–C) groups is 1. The van der Waals surface area contributed by atoms with Crippen molar-refractivity contribution in [2.45, 2.75) is 20.3 Å². The molecule has 7 heteroatoms. The number of hydrogen-bond donors (Lipinski definition) is 1. The van der Waals surface area contributed by atoms with Crippen LogP contribution >= 0.6 is 0 Å². The van der Waals surface area contributed by atoms with Gasteiger partial charge >= 0.3 is 0 Å². The molecule has 1 aliphatic rings. The first-order valence-corrected chi connectivity index (χ1v) is 12.0. The van der Waals surface area contributed by atoms with E-state index in [0.29, 0.717) is 18.9 Å². The number of aromatic nitrogens is 3. The van der Waals surface area contributed by atoms with Crippen LogP contribution in [0.15, 0.2) is 90.1 Å². The Balaban J connectivity index is 1.88. The van der Waals surface area contributed by atoms with Gasteiger partial charge in [-0.15, -0.1) is 0 Å². The van der Waals surface area contributed by atoms with Crippen molar-refractivity contribution >= 4 is 28.4 Å². The number of allylic oxidation sites excluding steroid dienone is 7. The monoisotopic (exact) mass is 468 g/mol. The zero-order valence-corrected chi connectivity index (χ0v) is 20.3. The molecule has 0 amide bonds. The fourth-order valence-electron chi connectivity index (χ4n) is 3.87. The minimum Gasteiger partial charge on any atom is -0.405 e. The van der Waals surface area contributed by atoms with Gasteiger partial charge in [0, 0.05) is 30.8 Å². The van der Waals surface area contributed by atoms with Crippen molar-refractivity contribution in [2.75, 3.05) is 31.2 Å². The van der Waals surface area contributed by atoms with Crippen LogP contribution in [0.2, 0.25) is 0 Å². The van der Waals surface area contributed by atoms with Gasteiger partial charge in [0.25, 0.3) is 0 Å². The Morgan fingerprint density at radius 2 is 1.91 bits per heavy atom. The van der Waals surface area contributed by atoms with Gasteiger partial charge in [0.2, 0.25) is 0 Å². The number of ether oxygens (including phenoxy) is 1. The van der Waals surface area contributed by atoms with Crippen molar-refractivity contribution in [3.05, 3.63) is 96.5 Å². The molecule has 7 nitrogen and oxygen atoms in total. The maximum Gasteiger partial charge on any atom is 0.158 e. The van der Waals surface area contributed by atoms with E-state index in [-0.39, 0.29) is 0 Å². The summed E-state index contributed by atoms with van der Waals surface area (Å²) >= 11 is 0. The number of anilines is 1. The quantitative estimate of drug-likeness (QED) is 0.368. The van der Waals surface area contributed by atoms with Crippen molar-refractivity contribution in [1.29, 1.82) is 0 Å². The van der Waals surface area contributed by atoms with Crippen LogP contribution in [0.3, 0.4) is 0 Å². The highest BCUT2D eigenvalue weighted by Gasteiger charge is 2.19. The highest BCUT2D eigenvalue weighted by molar-refractivity contribution is 6.09. The summed E-state index contributed by atoms with van der Waals surface area (Å²) < 4.78 is 7.51. The summed E-state index contributed by atoms with van der Waals surface area (Å²) in [5, 5.41) is 4.95. The maximum absolute atomic E-state index is 5.79. The standard InChI is InChI=1S/C28H32N6O/c1-3-5-7-11-22(10-4-2)25-20-27-31-26(24(14-15-29)30-23-12-8-6-9-13-23)21-28(34(27)32-25)33-16-18-35-19-17-33/h4-15,20-21H,3,16-19,29H2,1-2H3/b7-5+,10-4-,15-14-,22-11+,30-24?. The van der Waals surface area contributed by atoms with E-state index in [1.165, 1.54) is 6.20 Å². The molecule has 0 spiro atoms. The van der Waals surface area contributed by atoms with Gasteiger partial charge in [0.15, 0.2) is 5.65 Å². The van der Waals surface area contributed by atoms with Crippen LogP contribution < -0.4 is 10.6 Å². The predicted molar refractivity (Wildman–Crippen MR) is 144 cm³/mol. The van der Waals surface area contributed by atoms with Crippen molar-refractivity contribution in [2.24, 2.45) is 10.7 Å². The van der Waals surface area contributed by atoms with Crippen LogP contribution in [0, 0.1) is 0 Å². The molecule has 1 saturated heterocycles. The van der Waals surface area contributed by atoms with Crippen LogP contribution in [0.1, 0.15) is 31.7 Å². The number of rotatable bonds is 8. The van der Waals surface area contributed by atoms with Crippen LogP contribution in [0.25, 0.3) is 11.2 Å². The molecule has 35 heavy (non-hydrogen) atoms. The predicted octanol–water partition coefficient (Wildman–Crippen LogP) is 5.08. The van der Waals surface area contributed by atoms with Gasteiger partial charge in [-0.3, -0.25) is 0 Å². The van der Waals surface area contributed by atoms with Crippen LogP contribution in [0.4, 0.5) is 11.5 Å². The summed E-state index contributed by atoms with van der Waals surface area (Å²) in [7, 11) is 0. The minimum atomic E-state index is 0.673. The smallest absolute Gasteiger partial charge is 0.158 e. The molecule has 0 saturated carbocycles. The molecule has 1 aromatic carbocycles. The van der Waals surface area contributed by atoms with E-state index in [1.54, 1.807) is 6.08 Å². The van der Waals surface area contributed by atoms with Gasteiger partial charge in [0.05, 0.1) is 36.0 Å². The molecular formula is C28H32N6O. The number of fused-ring (bicyclic) bond motifs is 1. The Labute approximate surface area is 206 Å². The van der Waals surface area contributed by atoms with Crippen molar-refractivity contribution in [3.63, 3.8) is 0 Å². The molecule has 0 radical (unpaired) electrons. The second kappa shape index (κ2) is 11.9. The minimum absolute atomic E-state index is 0.673. The van der Waals surface area contributed by atoms with Gasteiger partial charge in [-0.2, -0.15) is 9.61 Å². The first-order chi connectivity index (χ1) is 17.2. The largest absolute Gasteiger partial charge is 0.405 e. The topological polar surface area (TPSA) is 81.0 Å². The lowest BCUT2D eigenvalue weighted by atomic mass is 10.1. The number of nitrogens with two attached hydrogens (primary N) is 1. The average Bonchev–Trinajstić information content (AvgIpc) is 3.33. The van der Waals surface area contributed by atoms with E-state index >= 15 is 0 Å². The van der Waals surface area contributed by atoms with Crippen molar-refractivity contribution in [3.8, 4) is 0 Å². The molecular weight excluding hydrogens is 436 g/mol. The van der Waals surface area contributed by atoms with Gasteiger partial charge in [-0.25, -0.2) is 9.98 Å². The highest BCUT2D eigenvalue weighted by atomic mass is 16.5. The molecule has 2 aromatic heterocycles. The molecule has 0 aliphatic carbocycles. The van der Waals surface area contributed by atoms with Crippen LogP contribution in [-0.2, 0) is 4.74 Å². The zero-order chi connectivity index (χ0) is 24.5. The number of hydrogen-bond acceptors (Lipinski definition) is 6. The van der Waals surface area contributed by atoms with E-state index in [4.69, 9.17) is 25.5 Å². The molecule has 0 unspecified atom stereocenters. The first kappa shape index (κ1) is 24.2. The molecule has 4 rings (SSSR count). The van der Waals surface area contributed by atoms with Crippen LogP contribution in [0.5, 0.6) is 0 Å². The van der Waals surface area contributed by atoms with Gasteiger partial charge < -0.3 is 15.4 Å². The number of morpholine rings is 1. The third-order valence-corrected chi connectivity index (χ3v) is 5.56. The Morgan fingerprint density at radius 3 is 2.63 bits per heavy atom. The van der Waals surface area contributed by atoms with E-state index in [0.717, 1.165) is 53.6 Å². The van der Waals surface area contributed by atoms with Gasteiger partial charge in [-0.1, -0.05) is 55.5 Å². The summed E-state index contributed by atoms with van der Waals surface area (Å²) in [4.78, 5) is 12.0. The SMILES string of the molecule is C\C=C/C(=C\C=C\CC)c1cc2nc(C(/C=C\N)=Nc3ccccc3)cc(N3CCOCC3)n2n1. The number of para-hydroxylation sites is 1. The van der Waals surface area contributed by atoms with E-state index < -0.39 is 0 Å². The highest BCUT2D eigenvalue weighted by Crippen LogP contribution is 2.24. The summed E-state index contributed by atoms with van der Waals surface area (Å²) in [5.41, 5.74) is 10.7. The second-order valence-electron chi connectivity index (χ2n) is 8.05. The lowest BCUT2D eigenvalue weighted by Gasteiger charge is -2.29. The summed E-state index contributed by atoms with van der Waals surface area (Å²) in [6, 6.07) is 13.9. The molecule has 0 atom stereocenters. The zero-order valence-electron chi connectivity index (χ0n) is 20.3. The summed E-state index contributed by atoms with van der Waals surface area (Å²) in [6.45, 7) is 7.03. The first-order valence-electron chi connectivity index (χ1n) is 12.0. The number of nitrogens with zero attached hydrogens (tertiary/aromatic N) is 5. The van der Waals surface area contributed by atoms with E-state index in [1.807, 2.05) is 60.0 Å². The van der Waals surface area contributed by atoms with Crippen LogP contribution in [-0.4, -0.2) is 46.6 Å². The fraction of sp³-hybridized carbons (Fsp3) is 0.250. The lowest BCUT2D eigenvalue weighted by molar-refractivity contribution is 0.122. The molecule has 180 valence electrons. The second-order valence-corrected chi connectivity index (χ2v) is 8.05. The van der Waals surface area contributed by atoms with Crippen molar-refractivity contribution < 1.29 is 4.74 Å². The summed E-state index contributed by atoms with van der Waals surface area (Å²) in [5.74, 6) is 0.953. The normalized spacial score (nSPS) is 15.9. The Morgan fingerprint density at radius 1 is 1.11 bits per heavy atom. The summed E-state index contributed by atoms with van der Waals surface area (Å²) in [6.07, 6.45) is 14.6. The molecule has 1 aliphatic heterocycles. The molecule has 3 heterocycles. The molecule has 3 aromatic rings. The Bertz CT molecular complexity index is 1280. The molecule has 1 fully saturated rings. The van der Waals surface area contributed by atoms with Gasteiger partial charge in [0.1, 0.15) is 5.82 Å². The number of benzene rings is 1. The fourth-order valence-corrected chi connectivity index (χ4v) is 3.87. The maximum atomic E-state index is 5.79. The molecule has 0 bridgehead atoms. The Hall–Kier alpha value is -3.97.